The standard InChI is InChI=1S/C32H42N4O7Si/c1-44(2,3)16-15-42-21-36-29(37)12-11-27(31(36)39)35-19-23-17-24(9-10-25(23)30(35)38)43-28-20-34(14-13-26(28)33-32(40)41)18-22-7-5-4-6-8-22/h4-10,17,26-28,33H,11-16,18-21H2,1-3H3,(H,40,41)/t26-,27?,28-/m1/s1. The first-order chi connectivity index (χ1) is 21.0. The van der Waals surface area contributed by atoms with E-state index in [4.69, 9.17) is 9.47 Å². The molecule has 2 fully saturated rings. The van der Waals surface area contributed by atoms with Crippen LogP contribution in [0.1, 0.15) is 40.7 Å². The molecule has 3 atom stereocenters. The molecule has 12 heteroatoms. The number of ether oxygens (including phenoxy) is 2. The molecular formula is C32H42N4O7Si. The Morgan fingerprint density at radius 3 is 2.57 bits per heavy atom. The smallest absolute Gasteiger partial charge is 0.405 e. The fourth-order valence-electron chi connectivity index (χ4n) is 6.01. The van der Waals surface area contributed by atoms with E-state index in [2.05, 4.69) is 42.0 Å². The van der Waals surface area contributed by atoms with Gasteiger partial charge in [-0.25, -0.2) is 4.79 Å². The van der Waals surface area contributed by atoms with Gasteiger partial charge in [0.15, 0.2) is 0 Å². The second-order valence-electron chi connectivity index (χ2n) is 13.0. The molecule has 3 heterocycles. The van der Waals surface area contributed by atoms with Crippen LogP contribution in [0, 0.1) is 0 Å². The highest BCUT2D eigenvalue weighted by Gasteiger charge is 2.43. The summed E-state index contributed by atoms with van der Waals surface area (Å²) < 4.78 is 12.1. The summed E-state index contributed by atoms with van der Waals surface area (Å²) in [5.74, 6) is -0.409. The Bertz CT molecular complexity index is 1380. The maximum absolute atomic E-state index is 13.4. The molecule has 2 aromatic rings. The predicted molar refractivity (Wildman–Crippen MR) is 166 cm³/mol. The molecule has 2 aromatic carbocycles. The first-order valence-corrected chi connectivity index (χ1v) is 19.0. The van der Waals surface area contributed by atoms with Gasteiger partial charge in [-0.1, -0.05) is 50.0 Å². The third-order valence-corrected chi connectivity index (χ3v) is 10.2. The summed E-state index contributed by atoms with van der Waals surface area (Å²) in [5.41, 5.74) is 2.40. The van der Waals surface area contributed by atoms with Crippen molar-refractivity contribution in [3.63, 3.8) is 0 Å². The van der Waals surface area contributed by atoms with E-state index in [1.807, 2.05) is 18.2 Å². The number of imide groups is 1. The molecule has 1 unspecified atom stereocenters. The molecule has 0 radical (unpaired) electrons. The Morgan fingerprint density at radius 1 is 1.07 bits per heavy atom. The summed E-state index contributed by atoms with van der Waals surface area (Å²) in [6.07, 6.45) is -0.492. The van der Waals surface area contributed by atoms with Crippen LogP contribution in [0.2, 0.25) is 25.7 Å². The molecule has 0 aromatic heterocycles. The van der Waals surface area contributed by atoms with E-state index >= 15 is 0 Å². The maximum atomic E-state index is 13.4. The molecule has 11 nitrogen and oxygen atoms in total. The van der Waals surface area contributed by atoms with E-state index in [1.165, 1.54) is 10.5 Å². The molecule has 0 bridgehead atoms. The lowest BCUT2D eigenvalue weighted by molar-refractivity contribution is -0.158. The normalized spacial score (nSPS) is 22.7. The fourth-order valence-corrected chi connectivity index (χ4v) is 6.77. The van der Waals surface area contributed by atoms with Gasteiger partial charge in [-0.05, 0) is 48.2 Å². The van der Waals surface area contributed by atoms with E-state index < -0.39 is 32.2 Å². The number of likely N-dealkylation sites (tertiary alicyclic amines) is 2. The molecule has 0 spiro atoms. The van der Waals surface area contributed by atoms with Crippen molar-refractivity contribution in [3.05, 3.63) is 65.2 Å². The maximum Gasteiger partial charge on any atom is 0.405 e. The van der Waals surface area contributed by atoms with E-state index in [0.717, 1.165) is 29.6 Å². The summed E-state index contributed by atoms with van der Waals surface area (Å²) in [4.78, 5) is 55.8. The first kappa shape index (κ1) is 31.7. The lowest BCUT2D eigenvalue weighted by Crippen LogP contribution is -2.55. The lowest BCUT2D eigenvalue weighted by atomic mass is 10.0. The molecule has 4 amide bonds. The Labute approximate surface area is 259 Å². The minimum Gasteiger partial charge on any atom is -0.487 e. The fraction of sp³-hybridized carbons (Fsp3) is 0.500. The van der Waals surface area contributed by atoms with Gasteiger partial charge < -0.3 is 24.8 Å². The quantitative estimate of drug-likeness (QED) is 0.220. The van der Waals surface area contributed by atoms with Crippen LogP contribution in [0.5, 0.6) is 5.75 Å². The van der Waals surface area contributed by atoms with Gasteiger partial charge in [0.25, 0.3) is 11.8 Å². The largest absolute Gasteiger partial charge is 0.487 e. The Balaban J connectivity index is 1.25. The van der Waals surface area contributed by atoms with E-state index in [-0.39, 0.29) is 44.0 Å². The SMILES string of the molecule is C[Si](C)(C)CCOCN1C(=O)CCC(N2Cc3cc(O[C@@H]4CN(Cc5ccccc5)CC[C@H]4NC(=O)O)ccc3C2=O)C1=O. The van der Waals surface area contributed by atoms with Crippen LogP contribution in [0.4, 0.5) is 4.79 Å². The lowest BCUT2D eigenvalue weighted by Gasteiger charge is -2.38. The van der Waals surface area contributed by atoms with E-state index in [1.54, 1.807) is 18.2 Å². The average Bonchev–Trinajstić information content (AvgIpc) is 3.29. The van der Waals surface area contributed by atoms with Gasteiger partial charge in [0.1, 0.15) is 24.6 Å². The monoisotopic (exact) mass is 622 g/mol. The predicted octanol–water partition coefficient (Wildman–Crippen LogP) is 3.76. The van der Waals surface area contributed by atoms with Crippen molar-refractivity contribution in [1.29, 1.82) is 0 Å². The van der Waals surface area contributed by atoms with Gasteiger partial charge in [-0.3, -0.25) is 24.2 Å². The van der Waals surface area contributed by atoms with Gasteiger partial charge in [-0.2, -0.15) is 0 Å². The van der Waals surface area contributed by atoms with Gasteiger partial charge in [0.2, 0.25) is 5.91 Å². The summed E-state index contributed by atoms with van der Waals surface area (Å²) in [6.45, 7) is 9.30. The van der Waals surface area contributed by atoms with Gasteiger partial charge in [-0.15, -0.1) is 0 Å². The number of hydrogen-bond acceptors (Lipinski definition) is 7. The highest BCUT2D eigenvalue weighted by molar-refractivity contribution is 6.76. The van der Waals surface area contributed by atoms with Crippen LogP contribution in [0.15, 0.2) is 48.5 Å². The Kier molecular flexibility index (Phi) is 9.71. The van der Waals surface area contributed by atoms with Crippen molar-refractivity contribution >= 4 is 31.9 Å². The molecule has 3 aliphatic rings. The van der Waals surface area contributed by atoms with Crippen LogP contribution in [-0.2, 0) is 27.4 Å². The number of carboxylic acid groups (broad SMARTS) is 1. The third-order valence-electron chi connectivity index (χ3n) is 8.47. The van der Waals surface area contributed by atoms with Crippen molar-refractivity contribution in [2.24, 2.45) is 0 Å². The minimum atomic E-state index is -1.32. The molecule has 0 aliphatic carbocycles. The second-order valence-corrected chi connectivity index (χ2v) is 18.7. The van der Waals surface area contributed by atoms with Crippen LogP contribution >= 0.6 is 0 Å². The summed E-state index contributed by atoms with van der Waals surface area (Å²) in [6, 6.07) is 15.1. The molecule has 236 valence electrons. The van der Waals surface area contributed by atoms with Crippen molar-refractivity contribution in [2.75, 3.05) is 26.4 Å². The summed E-state index contributed by atoms with van der Waals surface area (Å²) in [7, 11) is -1.32. The zero-order valence-corrected chi connectivity index (χ0v) is 26.7. The van der Waals surface area contributed by atoms with Crippen molar-refractivity contribution < 1.29 is 33.8 Å². The number of nitrogens with one attached hydrogen (secondary N) is 1. The molecule has 44 heavy (non-hydrogen) atoms. The highest BCUT2D eigenvalue weighted by atomic mass is 28.3. The number of benzene rings is 2. The van der Waals surface area contributed by atoms with Gasteiger partial charge in [0, 0.05) is 52.8 Å². The van der Waals surface area contributed by atoms with Crippen LogP contribution < -0.4 is 10.1 Å². The van der Waals surface area contributed by atoms with E-state index in [9.17, 15) is 24.3 Å². The van der Waals surface area contributed by atoms with Crippen molar-refractivity contribution in [2.45, 2.75) is 76.2 Å². The number of carbonyl (C=O) groups is 4. The summed E-state index contributed by atoms with van der Waals surface area (Å²) >= 11 is 0. The Hall–Kier alpha value is -3.74. The molecule has 5 rings (SSSR count). The highest BCUT2D eigenvalue weighted by Crippen LogP contribution is 2.32. The van der Waals surface area contributed by atoms with Crippen LogP contribution in [0.25, 0.3) is 0 Å². The number of hydrogen-bond donors (Lipinski definition) is 2. The number of amides is 4. The van der Waals surface area contributed by atoms with Crippen LogP contribution in [-0.4, -0.2) is 96.3 Å². The molecule has 2 N–H and O–H groups in total. The zero-order chi connectivity index (χ0) is 31.4. The summed E-state index contributed by atoms with van der Waals surface area (Å²) in [5, 5.41) is 12.0. The number of piperidine rings is 2. The van der Waals surface area contributed by atoms with Crippen LogP contribution in [0.3, 0.4) is 0 Å². The molecule has 2 saturated heterocycles. The second kappa shape index (κ2) is 13.5. The number of carbonyl (C=O) groups excluding carboxylic acids is 3. The van der Waals surface area contributed by atoms with Crippen molar-refractivity contribution in [3.8, 4) is 5.75 Å². The van der Waals surface area contributed by atoms with Crippen molar-refractivity contribution in [1.82, 2.24) is 20.0 Å². The van der Waals surface area contributed by atoms with Gasteiger partial charge in [0.05, 0.1) is 6.04 Å². The third kappa shape index (κ3) is 7.66. The van der Waals surface area contributed by atoms with E-state index in [0.29, 0.717) is 30.9 Å². The topological polar surface area (TPSA) is 129 Å². The molecule has 3 aliphatic heterocycles. The Morgan fingerprint density at radius 2 is 1.84 bits per heavy atom. The number of fused-ring (bicyclic) bond motifs is 1. The molecular weight excluding hydrogens is 580 g/mol. The minimum absolute atomic E-state index is 0.0974. The number of nitrogens with zero attached hydrogens (tertiary/aromatic N) is 3. The van der Waals surface area contributed by atoms with Gasteiger partial charge >= 0.3 is 6.09 Å². The zero-order valence-electron chi connectivity index (χ0n) is 25.7. The first-order valence-electron chi connectivity index (χ1n) is 15.3. The molecule has 0 saturated carbocycles. The number of rotatable bonds is 11. The average molecular weight is 623 g/mol.